The number of aliphatic hydroxyl groups is 1. The number of thioether (sulfide) groups is 1. The lowest BCUT2D eigenvalue weighted by Crippen LogP contribution is -2.49. The van der Waals surface area contributed by atoms with Crippen molar-refractivity contribution in [1.29, 1.82) is 0 Å². The summed E-state index contributed by atoms with van der Waals surface area (Å²) in [6.07, 6.45) is 0.228. The first-order chi connectivity index (χ1) is 10.3. The highest BCUT2D eigenvalue weighted by Gasteiger charge is 2.21. The van der Waals surface area contributed by atoms with E-state index in [4.69, 9.17) is 15.9 Å². The SMILES string of the molecule is C=C(O)C(N)CCC(=O)N[C@@H](CSCC)C(=O)NCC(=O)O. The second-order valence-electron chi connectivity index (χ2n) is 4.53. The van der Waals surface area contributed by atoms with Crippen molar-refractivity contribution in [2.24, 2.45) is 5.73 Å². The molecule has 9 heteroatoms. The lowest BCUT2D eigenvalue weighted by atomic mass is 10.1. The highest BCUT2D eigenvalue weighted by molar-refractivity contribution is 7.99. The predicted molar refractivity (Wildman–Crippen MR) is 84.6 cm³/mol. The van der Waals surface area contributed by atoms with Crippen LogP contribution in [0.4, 0.5) is 0 Å². The molecule has 0 aliphatic rings. The van der Waals surface area contributed by atoms with Crippen LogP contribution in [-0.2, 0) is 14.4 Å². The van der Waals surface area contributed by atoms with E-state index in [1.807, 2.05) is 6.92 Å². The summed E-state index contributed by atoms with van der Waals surface area (Å²) in [7, 11) is 0. The first kappa shape index (κ1) is 20.3. The van der Waals surface area contributed by atoms with Gasteiger partial charge in [0.05, 0.1) is 6.04 Å². The Hall–Kier alpha value is -1.74. The molecule has 0 aliphatic carbocycles. The number of carboxylic acid groups (broad SMARTS) is 1. The Kier molecular flexibility index (Phi) is 10.0. The molecule has 22 heavy (non-hydrogen) atoms. The van der Waals surface area contributed by atoms with Gasteiger partial charge < -0.3 is 26.6 Å². The zero-order valence-corrected chi connectivity index (χ0v) is 13.3. The topological polar surface area (TPSA) is 142 Å². The van der Waals surface area contributed by atoms with Gasteiger partial charge in [0.15, 0.2) is 0 Å². The first-order valence-electron chi connectivity index (χ1n) is 6.77. The van der Waals surface area contributed by atoms with E-state index in [-0.39, 0.29) is 18.6 Å². The molecule has 6 N–H and O–H groups in total. The summed E-state index contributed by atoms with van der Waals surface area (Å²) in [5.74, 6) is -1.21. The number of nitrogens with two attached hydrogens (primary N) is 1. The number of carbonyl (C=O) groups is 3. The molecule has 0 rings (SSSR count). The van der Waals surface area contributed by atoms with Crippen LogP contribution in [-0.4, -0.2) is 58.1 Å². The average Bonchev–Trinajstić information content (AvgIpc) is 2.46. The molecular weight excluding hydrogens is 310 g/mol. The van der Waals surface area contributed by atoms with Gasteiger partial charge in [-0.15, -0.1) is 0 Å². The summed E-state index contributed by atoms with van der Waals surface area (Å²) in [6, 6.07) is -1.51. The fourth-order valence-corrected chi connectivity index (χ4v) is 2.13. The Bertz CT molecular complexity index is 416. The molecule has 0 aliphatic heterocycles. The molecule has 126 valence electrons. The van der Waals surface area contributed by atoms with Gasteiger partial charge in [0.1, 0.15) is 18.3 Å². The maximum absolute atomic E-state index is 11.9. The molecule has 0 radical (unpaired) electrons. The minimum atomic E-state index is -1.16. The van der Waals surface area contributed by atoms with E-state index in [9.17, 15) is 14.4 Å². The van der Waals surface area contributed by atoms with Crippen molar-refractivity contribution in [3.63, 3.8) is 0 Å². The van der Waals surface area contributed by atoms with Gasteiger partial charge in [-0.2, -0.15) is 11.8 Å². The van der Waals surface area contributed by atoms with Crippen LogP contribution in [0.2, 0.25) is 0 Å². The molecule has 1 unspecified atom stereocenters. The van der Waals surface area contributed by atoms with E-state index in [1.165, 1.54) is 11.8 Å². The lowest BCUT2D eigenvalue weighted by Gasteiger charge is -2.18. The van der Waals surface area contributed by atoms with E-state index in [1.54, 1.807) is 0 Å². The smallest absolute Gasteiger partial charge is 0.322 e. The molecule has 0 aromatic rings. The van der Waals surface area contributed by atoms with Gasteiger partial charge >= 0.3 is 5.97 Å². The van der Waals surface area contributed by atoms with Gasteiger partial charge in [-0.05, 0) is 12.2 Å². The maximum Gasteiger partial charge on any atom is 0.322 e. The monoisotopic (exact) mass is 333 g/mol. The largest absolute Gasteiger partial charge is 0.511 e. The molecule has 0 spiro atoms. The first-order valence-corrected chi connectivity index (χ1v) is 7.93. The van der Waals surface area contributed by atoms with Crippen LogP contribution < -0.4 is 16.4 Å². The van der Waals surface area contributed by atoms with E-state index in [0.717, 1.165) is 5.75 Å². The van der Waals surface area contributed by atoms with E-state index < -0.39 is 36.4 Å². The Balaban J connectivity index is 4.43. The molecule has 0 bridgehead atoms. The number of hydrogen-bond acceptors (Lipinski definition) is 6. The summed E-state index contributed by atoms with van der Waals surface area (Å²) >= 11 is 1.45. The lowest BCUT2D eigenvalue weighted by molar-refractivity contribution is -0.138. The summed E-state index contributed by atoms with van der Waals surface area (Å²) in [6.45, 7) is 4.68. The Morgan fingerprint density at radius 2 is 1.95 bits per heavy atom. The fraction of sp³-hybridized carbons (Fsp3) is 0.615. The zero-order valence-electron chi connectivity index (χ0n) is 12.5. The minimum Gasteiger partial charge on any atom is -0.511 e. The number of rotatable bonds is 11. The molecule has 8 nitrogen and oxygen atoms in total. The van der Waals surface area contributed by atoms with Gasteiger partial charge in [-0.3, -0.25) is 14.4 Å². The second kappa shape index (κ2) is 10.9. The van der Waals surface area contributed by atoms with Gasteiger partial charge in [0.2, 0.25) is 11.8 Å². The third-order valence-corrected chi connectivity index (χ3v) is 3.64. The molecule has 0 fully saturated rings. The molecule has 0 aromatic carbocycles. The van der Waals surface area contributed by atoms with Gasteiger partial charge in [0.25, 0.3) is 0 Å². The van der Waals surface area contributed by atoms with E-state index in [2.05, 4.69) is 17.2 Å². The molecular formula is C13H23N3O5S. The standard InChI is InChI=1S/C13H23N3O5S/c1-3-22-7-10(13(21)15-6-12(19)20)16-11(18)5-4-9(14)8(2)17/h9-10,17H,2-7,14H2,1H3,(H,15,21)(H,16,18)(H,19,20)/t9?,10-/m0/s1. The normalized spacial score (nSPS) is 13.0. The predicted octanol–water partition coefficient (Wildman–Crippen LogP) is -0.396. The van der Waals surface area contributed by atoms with Crippen LogP contribution in [0.1, 0.15) is 19.8 Å². The number of aliphatic carboxylic acids is 1. The van der Waals surface area contributed by atoms with E-state index in [0.29, 0.717) is 5.75 Å². The Morgan fingerprint density at radius 3 is 2.45 bits per heavy atom. The maximum atomic E-state index is 11.9. The molecule has 0 saturated heterocycles. The van der Waals surface area contributed by atoms with Gasteiger partial charge in [0, 0.05) is 12.2 Å². The molecule has 2 amide bonds. The van der Waals surface area contributed by atoms with Crippen molar-refractivity contribution in [1.82, 2.24) is 10.6 Å². The van der Waals surface area contributed by atoms with Gasteiger partial charge in [-0.25, -0.2) is 0 Å². The Morgan fingerprint density at radius 1 is 1.32 bits per heavy atom. The quantitative estimate of drug-likeness (QED) is 0.324. The number of nitrogens with one attached hydrogen (secondary N) is 2. The number of carboxylic acids is 1. The van der Waals surface area contributed by atoms with Crippen molar-refractivity contribution in [2.45, 2.75) is 31.8 Å². The third-order valence-electron chi connectivity index (χ3n) is 2.66. The number of aliphatic hydroxyl groups excluding tert-OH is 1. The van der Waals surface area contributed by atoms with Crippen LogP contribution in [0, 0.1) is 0 Å². The second-order valence-corrected chi connectivity index (χ2v) is 5.85. The van der Waals surface area contributed by atoms with Gasteiger partial charge in [-0.1, -0.05) is 13.5 Å². The molecule has 0 saturated carbocycles. The van der Waals surface area contributed by atoms with Crippen molar-refractivity contribution >= 4 is 29.5 Å². The fourth-order valence-electron chi connectivity index (χ4n) is 1.42. The average molecular weight is 333 g/mol. The molecule has 0 heterocycles. The van der Waals surface area contributed by atoms with Crippen LogP contribution in [0.25, 0.3) is 0 Å². The van der Waals surface area contributed by atoms with Crippen LogP contribution in [0.5, 0.6) is 0 Å². The van der Waals surface area contributed by atoms with Crippen molar-refractivity contribution < 1.29 is 24.6 Å². The third kappa shape index (κ3) is 9.24. The summed E-state index contributed by atoms with van der Waals surface area (Å²) in [5, 5.41) is 22.4. The zero-order chi connectivity index (χ0) is 17.1. The number of carbonyl (C=O) groups excluding carboxylic acids is 2. The Labute approximate surface area is 133 Å². The van der Waals surface area contributed by atoms with Crippen molar-refractivity contribution in [3.05, 3.63) is 12.3 Å². The minimum absolute atomic E-state index is 0.0280. The summed E-state index contributed by atoms with van der Waals surface area (Å²) in [5.41, 5.74) is 5.54. The van der Waals surface area contributed by atoms with Crippen molar-refractivity contribution in [3.8, 4) is 0 Å². The van der Waals surface area contributed by atoms with Crippen LogP contribution >= 0.6 is 11.8 Å². The van der Waals surface area contributed by atoms with Crippen LogP contribution in [0.3, 0.4) is 0 Å². The van der Waals surface area contributed by atoms with Crippen molar-refractivity contribution in [2.75, 3.05) is 18.1 Å². The summed E-state index contributed by atoms with van der Waals surface area (Å²) in [4.78, 5) is 34.1. The number of amides is 2. The summed E-state index contributed by atoms with van der Waals surface area (Å²) < 4.78 is 0. The van der Waals surface area contributed by atoms with E-state index >= 15 is 0 Å². The number of hydrogen-bond donors (Lipinski definition) is 5. The van der Waals surface area contributed by atoms with Crippen LogP contribution in [0.15, 0.2) is 12.3 Å². The highest BCUT2D eigenvalue weighted by atomic mass is 32.2. The molecule has 0 aromatic heterocycles. The molecule has 2 atom stereocenters. The highest BCUT2D eigenvalue weighted by Crippen LogP contribution is 2.05.